The highest BCUT2D eigenvalue weighted by atomic mass is 16.5. The SMILES string of the molecule is CCOCCN(CCOCCOCCN(CCOC)C(=O)c1ccc(CN2C(=O)c3ccccc3C2=O)cc1)C(=O)c1ccc(CN2C(=O)c3ccccc3C2=O)cc1. The lowest BCUT2D eigenvalue weighted by atomic mass is 10.1. The first-order valence-corrected chi connectivity index (χ1v) is 19.6. The summed E-state index contributed by atoms with van der Waals surface area (Å²) < 4.78 is 22.3. The highest BCUT2D eigenvalue weighted by Crippen LogP contribution is 2.26. The number of nitrogens with zero attached hydrogens (tertiary/aromatic N) is 4. The second-order valence-corrected chi connectivity index (χ2v) is 13.9. The predicted octanol–water partition coefficient (Wildman–Crippen LogP) is 4.58. The van der Waals surface area contributed by atoms with Gasteiger partial charge in [0.15, 0.2) is 0 Å². The van der Waals surface area contributed by atoms with E-state index in [1.165, 1.54) is 9.80 Å². The van der Waals surface area contributed by atoms with E-state index in [-0.39, 0.29) is 75.0 Å². The zero-order chi connectivity index (χ0) is 41.7. The van der Waals surface area contributed by atoms with Gasteiger partial charge in [0.1, 0.15) is 0 Å². The number of carbonyl (C=O) groups excluding carboxylic acids is 6. The van der Waals surface area contributed by atoms with E-state index in [4.69, 9.17) is 18.9 Å². The van der Waals surface area contributed by atoms with Crippen LogP contribution in [0.25, 0.3) is 0 Å². The molecule has 2 heterocycles. The van der Waals surface area contributed by atoms with Crippen molar-refractivity contribution in [3.05, 3.63) is 142 Å². The van der Waals surface area contributed by atoms with Gasteiger partial charge in [0, 0.05) is 51.0 Å². The van der Waals surface area contributed by atoms with Gasteiger partial charge in [-0.3, -0.25) is 38.6 Å². The van der Waals surface area contributed by atoms with Crippen LogP contribution < -0.4 is 0 Å². The normalized spacial score (nSPS) is 13.3. The van der Waals surface area contributed by atoms with Crippen molar-refractivity contribution >= 4 is 35.4 Å². The molecule has 6 amide bonds. The molecule has 0 aliphatic carbocycles. The van der Waals surface area contributed by atoms with Crippen molar-refractivity contribution in [1.29, 1.82) is 0 Å². The molecule has 0 saturated carbocycles. The monoisotopic (exact) mass is 804 g/mol. The third-order valence-electron chi connectivity index (χ3n) is 10.1. The number of carbonyl (C=O) groups is 6. The Morgan fingerprint density at radius 2 is 0.814 bits per heavy atom. The smallest absolute Gasteiger partial charge is 0.261 e. The maximum Gasteiger partial charge on any atom is 0.261 e. The Kier molecular flexibility index (Phi) is 14.8. The zero-order valence-electron chi connectivity index (χ0n) is 33.3. The van der Waals surface area contributed by atoms with E-state index >= 15 is 0 Å². The number of methoxy groups -OCH3 is 1. The lowest BCUT2D eigenvalue weighted by Gasteiger charge is -2.23. The first-order valence-electron chi connectivity index (χ1n) is 19.6. The van der Waals surface area contributed by atoms with Gasteiger partial charge in [0.2, 0.25) is 0 Å². The summed E-state index contributed by atoms with van der Waals surface area (Å²) in [4.78, 5) is 83.8. The van der Waals surface area contributed by atoms with E-state index in [0.29, 0.717) is 79.4 Å². The van der Waals surface area contributed by atoms with Crippen LogP contribution in [0.3, 0.4) is 0 Å². The summed E-state index contributed by atoms with van der Waals surface area (Å²) in [6.45, 7) is 5.75. The molecule has 14 heteroatoms. The first-order chi connectivity index (χ1) is 28.7. The number of fused-ring (bicyclic) bond motifs is 2. The van der Waals surface area contributed by atoms with E-state index in [0.717, 1.165) is 11.1 Å². The summed E-state index contributed by atoms with van der Waals surface area (Å²) in [5.74, 6) is -1.75. The van der Waals surface area contributed by atoms with E-state index < -0.39 is 0 Å². The summed E-state index contributed by atoms with van der Waals surface area (Å²) in [5.41, 5.74) is 3.92. The van der Waals surface area contributed by atoms with Crippen LogP contribution >= 0.6 is 0 Å². The number of hydrogen-bond donors (Lipinski definition) is 0. The molecule has 0 spiro atoms. The topological polar surface area (TPSA) is 152 Å². The number of ether oxygens (including phenoxy) is 4. The molecule has 4 aromatic carbocycles. The molecule has 2 aliphatic heterocycles. The Morgan fingerprint density at radius 3 is 1.15 bits per heavy atom. The summed E-state index contributed by atoms with van der Waals surface area (Å²) in [6.07, 6.45) is 0. The Labute approximate surface area is 343 Å². The number of hydrogen-bond acceptors (Lipinski definition) is 10. The van der Waals surface area contributed by atoms with Crippen LogP contribution in [0, 0.1) is 0 Å². The van der Waals surface area contributed by atoms with Gasteiger partial charge in [-0.05, 0) is 66.6 Å². The van der Waals surface area contributed by atoms with E-state index in [2.05, 4.69) is 0 Å². The van der Waals surface area contributed by atoms with Gasteiger partial charge in [-0.2, -0.15) is 0 Å². The number of benzene rings is 4. The van der Waals surface area contributed by atoms with Crippen LogP contribution in [0.4, 0.5) is 0 Å². The second kappa shape index (κ2) is 20.6. The van der Waals surface area contributed by atoms with Gasteiger partial charge in [-0.25, -0.2) is 0 Å². The van der Waals surface area contributed by atoms with Crippen LogP contribution in [0.15, 0.2) is 97.1 Å². The molecule has 0 atom stereocenters. The fraction of sp³-hybridized carbons (Fsp3) is 0.333. The summed E-state index contributed by atoms with van der Waals surface area (Å²) >= 11 is 0. The minimum absolute atomic E-state index is 0.102. The van der Waals surface area contributed by atoms with Gasteiger partial charge >= 0.3 is 0 Å². The fourth-order valence-electron chi connectivity index (χ4n) is 6.82. The van der Waals surface area contributed by atoms with Crippen molar-refractivity contribution in [1.82, 2.24) is 19.6 Å². The lowest BCUT2D eigenvalue weighted by molar-refractivity contribution is 0.0239. The minimum atomic E-state index is -0.336. The fourth-order valence-corrected chi connectivity index (χ4v) is 6.82. The van der Waals surface area contributed by atoms with Crippen molar-refractivity contribution in [2.45, 2.75) is 20.0 Å². The molecule has 4 aromatic rings. The minimum Gasteiger partial charge on any atom is -0.383 e. The van der Waals surface area contributed by atoms with Crippen molar-refractivity contribution in [2.75, 3.05) is 79.5 Å². The predicted molar refractivity (Wildman–Crippen MR) is 216 cm³/mol. The van der Waals surface area contributed by atoms with Gasteiger partial charge < -0.3 is 28.7 Å². The lowest BCUT2D eigenvalue weighted by Crippen LogP contribution is -2.37. The molecule has 0 fully saturated rings. The molecule has 6 rings (SSSR count). The average Bonchev–Trinajstić information content (AvgIpc) is 3.65. The molecular weight excluding hydrogens is 757 g/mol. The summed E-state index contributed by atoms with van der Waals surface area (Å²) in [5, 5.41) is 0. The molecule has 0 saturated heterocycles. The van der Waals surface area contributed by atoms with Gasteiger partial charge in [-0.15, -0.1) is 0 Å². The van der Waals surface area contributed by atoms with Crippen molar-refractivity contribution < 1.29 is 47.7 Å². The van der Waals surface area contributed by atoms with Gasteiger partial charge in [0.25, 0.3) is 35.4 Å². The Bertz CT molecular complexity index is 2070. The molecule has 0 radical (unpaired) electrons. The summed E-state index contributed by atoms with van der Waals surface area (Å²) in [7, 11) is 1.57. The highest BCUT2D eigenvalue weighted by molar-refractivity contribution is 6.22. The second-order valence-electron chi connectivity index (χ2n) is 13.9. The maximum absolute atomic E-state index is 13.5. The molecule has 0 N–H and O–H groups in total. The van der Waals surface area contributed by atoms with E-state index in [9.17, 15) is 28.8 Å². The third-order valence-corrected chi connectivity index (χ3v) is 10.1. The van der Waals surface area contributed by atoms with Gasteiger partial charge in [-0.1, -0.05) is 48.5 Å². The highest BCUT2D eigenvalue weighted by Gasteiger charge is 2.36. The van der Waals surface area contributed by atoms with Crippen LogP contribution in [-0.2, 0) is 32.0 Å². The molecule has 59 heavy (non-hydrogen) atoms. The van der Waals surface area contributed by atoms with E-state index in [1.807, 2.05) is 6.92 Å². The van der Waals surface area contributed by atoms with Crippen LogP contribution in [0.5, 0.6) is 0 Å². The average molecular weight is 805 g/mol. The summed E-state index contributed by atoms with van der Waals surface area (Å²) in [6, 6.07) is 27.2. The number of imide groups is 2. The van der Waals surface area contributed by atoms with Crippen molar-refractivity contribution in [3.8, 4) is 0 Å². The van der Waals surface area contributed by atoms with Gasteiger partial charge in [0.05, 0.1) is 75.0 Å². The first kappa shape index (κ1) is 42.5. The molecule has 308 valence electrons. The van der Waals surface area contributed by atoms with Crippen LogP contribution in [-0.4, -0.2) is 135 Å². The molecular formula is C45H48N4O10. The van der Waals surface area contributed by atoms with E-state index in [1.54, 1.807) is 114 Å². The molecule has 2 aliphatic rings. The van der Waals surface area contributed by atoms with Crippen molar-refractivity contribution in [3.63, 3.8) is 0 Å². The molecule has 14 nitrogen and oxygen atoms in total. The molecule has 0 unspecified atom stereocenters. The third kappa shape index (κ3) is 10.3. The number of amides is 6. The molecule has 0 aromatic heterocycles. The van der Waals surface area contributed by atoms with Crippen LogP contribution in [0.1, 0.15) is 80.2 Å². The Morgan fingerprint density at radius 1 is 0.475 bits per heavy atom. The zero-order valence-corrected chi connectivity index (χ0v) is 33.3. The maximum atomic E-state index is 13.5. The number of rotatable bonds is 22. The Balaban J connectivity index is 0.925. The van der Waals surface area contributed by atoms with Crippen LogP contribution in [0.2, 0.25) is 0 Å². The molecule has 0 bridgehead atoms. The Hall–Kier alpha value is -6.06. The largest absolute Gasteiger partial charge is 0.383 e. The quantitative estimate of drug-likeness (QED) is 0.0816. The van der Waals surface area contributed by atoms with Crippen molar-refractivity contribution in [2.24, 2.45) is 0 Å². The standard InChI is InChI=1S/C45H48N4O10/c1-3-57-25-21-47(41(51)35-18-14-33(15-19-35)31-49-44(54)38-10-6-7-11-39(38)45(49)55)23-27-59-29-28-58-26-22-46(20-24-56-2)40(50)34-16-12-32(13-17-34)30-48-42(52)36-8-4-5-9-37(36)43(48)53/h4-19H,3,20-31H2,1-2H3.